The third kappa shape index (κ3) is 2.77. The topological polar surface area (TPSA) is 88.4 Å². The van der Waals surface area contributed by atoms with Crippen molar-refractivity contribution in [1.29, 1.82) is 0 Å². The van der Waals surface area contributed by atoms with E-state index in [0.717, 1.165) is 5.69 Å². The summed E-state index contributed by atoms with van der Waals surface area (Å²) in [5.41, 5.74) is 9.83. The zero-order valence-electron chi connectivity index (χ0n) is 9.19. The van der Waals surface area contributed by atoms with E-state index in [2.05, 4.69) is 9.51 Å². The molecule has 1 heterocycles. The summed E-state index contributed by atoms with van der Waals surface area (Å²) in [4.78, 5) is 0.700. The number of quaternary nitrogens is 1. The summed E-state index contributed by atoms with van der Waals surface area (Å²) in [6.45, 7) is 0. The zero-order valence-corrected chi connectivity index (χ0v) is 10.0. The molecule has 0 spiro atoms. The van der Waals surface area contributed by atoms with Crippen LogP contribution in [0.4, 0.5) is 11.4 Å². The van der Waals surface area contributed by atoms with Crippen LogP contribution in [0, 0.1) is 0 Å². The van der Waals surface area contributed by atoms with Gasteiger partial charge in [0.05, 0.1) is 0 Å². The number of amidine groups is 1. The van der Waals surface area contributed by atoms with Crippen molar-refractivity contribution in [3.63, 3.8) is 0 Å². The van der Waals surface area contributed by atoms with Crippen LogP contribution < -0.4 is 4.90 Å². The van der Waals surface area contributed by atoms with Gasteiger partial charge in [-0.1, -0.05) is 0 Å². The van der Waals surface area contributed by atoms with Gasteiger partial charge >= 0.3 is 105 Å². The first-order valence-corrected chi connectivity index (χ1v) is 6.09. The van der Waals surface area contributed by atoms with E-state index in [1.165, 1.54) is 0 Å². The van der Waals surface area contributed by atoms with Gasteiger partial charge in [-0.2, -0.15) is 0 Å². The van der Waals surface area contributed by atoms with Crippen molar-refractivity contribution in [2.45, 2.75) is 0 Å². The number of allylic oxidation sites excluding steroid dienone is 2. The molecular weight excluding hydrogens is 252 g/mol. The Balaban J connectivity index is 2.38. The van der Waals surface area contributed by atoms with E-state index in [4.69, 9.17) is 5.53 Å². The van der Waals surface area contributed by atoms with Crippen LogP contribution in [0.1, 0.15) is 0 Å². The summed E-state index contributed by atoms with van der Waals surface area (Å²) < 4.78 is 24.8. The molecule has 0 radical (unpaired) electrons. The predicted molar refractivity (Wildman–Crippen MR) is 67.1 cm³/mol. The molecule has 0 amide bonds. The number of nitrogens with one attached hydrogen (secondary N) is 1. The molecule has 1 aromatic rings. The van der Waals surface area contributed by atoms with Crippen molar-refractivity contribution in [2.75, 3.05) is 0 Å². The van der Waals surface area contributed by atoms with Crippen LogP contribution in [0.3, 0.4) is 0 Å². The second kappa shape index (κ2) is 5.50. The van der Waals surface area contributed by atoms with Gasteiger partial charge in [0.15, 0.2) is 0 Å². The molecule has 1 N–H and O–H groups in total. The second-order valence-corrected chi connectivity index (χ2v) is 4.09. The monoisotopic (exact) mass is 261 g/mol. The van der Waals surface area contributed by atoms with E-state index >= 15 is 0 Å². The normalized spacial score (nSPS) is 19.9. The molecule has 0 aromatic heterocycles. The minimum absolute atomic E-state index is 0.375. The van der Waals surface area contributed by atoms with Crippen molar-refractivity contribution >= 4 is 27.9 Å². The number of hydrogen-bond acceptors (Lipinski definition) is 2. The zero-order chi connectivity index (χ0) is 13.0. The SMILES string of the molecule is [N-]=Nc1ccc([NH+]2C=CC=CC2=NS(=O)#[O+])cc1. The van der Waals surface area contributed by atoms with Gasteiger partial charge in [0.1, 0.15) is 0 Å². The van der Waals surface area contributed by atoms with Gasteiger partial charge in [0.2, 0.25) is 0 Å². The molecule has 1 aromatic carbocycles. The summed E-state index contributed by atoms with van der Waals surface area (Å²) in [5.74, 6) is 0.375. The Morgan fingerprint density at radius 1 is 1.22 bits per heavy atom. The maximum atomic E-state index is 10.6. The van der Waals surface area contributed by atoms with E-state index in [1.54, 1.807) is 48.7 Å². The van der Waals surface area contributed by atoms with Crippen LogP contribution >= 0.6 is 0 Å². The number of nitrogens with zero attached hydrogens (tertiary/aromatic N) is 3. The van der Waals surface area contributed by atoms with Crippen LogP contribution in [-0.4, -0.2) is 10.0 Å². The average molecular weight is 261 g/mol. The maximum absolute atomic E-state index is 10.6. The fourth-order valence-electron chi connectivity index (χ4n) is 1.59. The van der Waals surface area contributed by atoms with Gasteiger partial charge in [0, 0.05) is 0 Å². The molecule has 0 fully saturated rings. The van der Waals surface area contributed by atoms with Gasteiger partial charge in [-0.25, -0.2) is 0 Å². The van der Waals surface area contributed by atoms with Gasteiger partial charge in [-0.15, -0.1) is 0 Å². The molecular formula is C11H9N4O2S+. The van der Waals surface area contributed by atoms with Gasteiger partial charge in [0.25, 0.3) is 0 Å². The molecule has 1 aliphatic rings. The molecule has 1 atom stereocenters. The first-order chi connectivity index (χ1) is 8.70. The molecule has 18 heavy (non-hydrogen) atoms. The van der Waals surface area contributed by atoms with E-state index in [9.17, 15) is 8.25 Å². The molecule has 0 saturated carbocycles. The Morgan fingerprint density at radius 3 is 2.56 bits per heavy atom. The molecule has 90 valence electrons. The summed E-state index contributed by atoms with van der Waals surface area (Å²) >= 11 is 0. The van der Waals surface area contributed by atoms with Crippen LogP contribution in [0.25, 0.3) is 5.53 Å². The van der Waals surface area contributed by atoms with Crippen LogP contribution in [0.2, 0.25) is 0 Å². The van der Waals surface area contributed by atoms with E-state index in [1.807, 2.05) is 0 Å². The fraction of sp³-hybridized carbons (Fsp3) is 0. The number of benzene rings is 1. The number of hydrogen-bond donors (Lipinski definition) is 1. The van der Waals surface area contributed by atoms with Crippen LogP contribution in [0.5, 0.6) is 0 Å². The molecule has 0 saturated heterocycles. The Bertz CT molecular complexity index is 670. The van der Waals surface area contributed by atoms with E-state index in [-0.39, 0.29) is 0 Å². The molecule has 7 heteroatoms. The van der Waals surface area contributed by atoms with Crippen molar-refractivity contribution in [1.82, 2.24) is 0 Å². The first kappa shape index (κ1) is 12.4. The molecule has 2 rings (SSSR count). The predicted octanol–water partition coefficient (Wildman–Crippen LogP) is 1.35. The van der Waals surface area contributed by atoms with Crippen LogP contribution in [-0.2, 0) is 14.8 Å². The van der Waals surface area contributed by atoms with Gasteiger partial charge < -0.3 is 0 Å². The Labute approximate surface area is 105 Å². The standard InChI is InChI=1S/C11H8N4O2S/c12-13-9-4-6-10(7-5-9)15-8-2-1-3-11(15)14-18(16)17/h1-8H/p+1. The molecule has 1 unspecified atom stereocenters. The summed E-state index contributed by atoms with van der Waals surface area (Å²) in [7, 11) is -2.49. The third-order valence-corrected chi connectivity index (χ3v) is 2.72. The number of rotatable bonds is 2. The van der Waals surface area contributed by atoms with Crippen molar-refractivity contribution in [3.8, 4) is 0 Å². The quantitative estimate of drug-likeness (QED) is 0.632. The van der Waals surface area contributed by atoms with Gasteiger partial charge in [-0.05, 0) is 0 Å². The van der Waals surface area contributed by atoms with Crippen molar-refractivity contribution in [3.05, 3.63) is 54.2 Å². The Hall–Kier alpha value is -2.09. The van der Waals surface area contributed by atoms with E-state index < -0.39 is 10.7 Å². The second-order valence-electron chi connectivity index (χ2n) is 3.47. The first-order valence-electron chi connectivity index (χ1n) is 5.06. The summed E-state index contributed by atoms with van der Waals surface area (Å²) in [6, 6.07) is 6.72. The molecule has 0 aliphatic carbocycles. The minimum atomic E-state index is -2.49. The molecule has 0 bridgehead atoms. The third-order valence-electron chi connectivity index (χ3n) is 2.37. The molecule has 6 nitrogen and oxygen atoms in total. The van der Waals surface area contributed by atoms with Crippen molar-refractivity contribution in [2.24, 2.45) is 9.51 Å². The van der Waals surface area contributed by atoms with Crippen LogP contribution in [0.15, 0.2) is 58.2 Å². The van der Waals surface area contributed by atoms with E-state index in [0.29, 0.717) is 16.4 Å². The average Bonchev–Trinajstić information content (AvgIpc) is 2.39. The Morgan fingerprint density at radius 2 is 1.94 bits per heavy atom. The van der Waals surface area contributed by atoms with Gasteiger partial charge in [-0.3, -0.25) is 0 Å². The summed E-state index contributed by atoms with van der Waals surface area (Å²) in [5, 5.41) is 3.05. The fourth-order valence-corrected chi connectivity index (χ4v) is 1.91. The Kier molecular flexibility index (Phi) is 3.78. The summed E-state index contributed by atoms with van der Waals surface area (Å²) in [6.07, 6.45) is 6.91. The molecule has 1 aliphatic heterocycles. The van der Waals surface area contributed by atoms with Crippen molar-refractivity contribution < 1.29 is 13.2 Å².